The van der Waals surface area contributed by atoms with E-state index in [9.17, 15) is 4.79 Å². The maximum absolute atomic E-state index is 11.9. The van der Waals surface area contributed by atoms with Crippen LogP contribution in [0.5, 0.6) is 0 Å². The van der Waals surface area contributed by atoms with Gasteiger partial charge >= 0.3 is 0 Å². The molecule has 0 spiro atoms. The van der Waals surface area contributed by atoms with E-state index in [0.29, 0.717) is 17.1 Å². The first-order valence-electron chi connectivity index (χ1n) is 6.11. The zero-order chi connectivity index (χ0) is 13.7. The molecule has 0 saturated heterocycles. The molecule has 0 bridgehead atoms. The lowest BCUT2D eigenvalue weighted by Gasteiger charge is -2.07. The first-order chi connectivity index (χ1) is 9.16. The molecule has 1 heterocycles. The molecule has 0 aliphatic rings. The normalized spacial score (nSPS) is 10.2. The van der Waals surface area contributed by atoms with Gasteiger partial charge < -0.3 is 5.32 Å². The molecule has 2 aromatic rings. The van der Waals surface area contributed by atoms with E-state index in [-0.39, 0.29) is 5.91 Å². The number of nitrogens with zero attached hydrogens (tertiary/aromatic N) is 1. The Morgan fingerprint density at radius 1 is 1.32 bits per heavy atom. The molecule has 2 rings (SSSR count). The number of amides is 1. The van der Waals surface area contributed by atoms with Crippen LogP contribution in [0.1, 0.15) is 21.6 Å². The fraction of sp³-hybridized carbons (Fsp3) is 0.200. The van der Waals surface area contributed by atoms with E-state index in [2.05, 4.69) is 10.3 Å². The molecule has 1 N–H and O–H groups in total. The summed E-state index contributed by atoms with van der Waals surface area (Å²) in [4.78, 5) is 16.0. The van der Waals surface area contributed by atoms with Crippen molar-refractivity contribution in [2.24, 2.45) is 0 Å². The molecule has 4 heteroatoms. The summed E-state index contributed by atoms with van der Waals surface area (Å²) >= 11 is 5.91. The summed E-state index contributed by atoms with van der Waals surface area (Å²) in [5, 5.41) is 3.60. The van der Waals surface area contributed by atoms with Gasteiger partial charge in [0, 0.05) is 23.5 Å². The Hall–Kier alpha value is -1.87. The van der Waals surface area contributed by atoms with Gasteiger partial charge in [0.15, 0.2) is 0 Å². The highest BCUT2D eigenvalue weighted by Crippen LogP contribution is 2.10. The number of rotatable bonds is 4. The summed E-state index contributed by atoms with van der Waals surface area (Å²) in [7, 11) is 0. The first-order valence-corrected chi connectivity index (χ1v) is 6.49. The molecule has 1 aromatic heterocycles. The topological polar surface area (TPSA) is 42.0 Å². The Kier molecular flexibility index (Phi) is 4.53. The van der Waals surface area contributed by atoms with Crippen molar-refractivity contribution in [2.45, 2.75) is 13.3 Å². The van der Waals surface area contributed by atoms with Crippen molar-refractivity contribution in [2.75, 3.05) is 6.54 Å². The third-order valence-corrected chi connectivity index (χ3v) is 3.07. The van der Waals surface area contributed by atoms with Gasteiger partial charge in [0.2, 0.25) is 0 Å². The molecule has 1 amide bonds. The summed E-state index contributed by atoms with van der Waals surface area (Å²) in [5.74, 6) is -0.0902. The minimum absolute atomic E-state index is 0.0902. The maximum atomic E-state index is 11.9. The molecular weight excluding hydrogens is 260 g/mol. The smallest absolute Gasteiger partial charge is 0.253 e. The minimum Gasteiger partial charge on any atom is -0.352 e. The Bertz CT molecular complexity index is 584. The number of pyridine rings is 1. The predicted molar refractivity (Wildman–Crippen MR) is 76.5 cm³/mol. The van der Waals surface area contributed by atoms with Crippen LogP contribution in [0.2, 0.25) is 5.02 Å². The van der Waals surface area contributed by atoms with Crippen molar-refractivity contribution < 1.29 is 4.79 Å². The van der Waals surface area contributed by atoms with Gasteiger partial charge in [0.1, 0.15) is 0 Å². The van der Waals surface area contributed by atoms with E-state index in [4.69, 9.17) is 11.6 Å². The van der Waals surface area contributed by atoms with Crippen LogP contribution < -0.4 is 5.32 Å². The third-order valence-electron chi connectivity index (χ3n) is 2.84. The SMILES string of the molecule is Cc1ncccc1C(=O)NCCc1cccc(Cl)c1. The Morgan fingerprint density at radius 2 is 2.16 bits per heavy atom. The van der Waals surface area contributed by atoms with Gasteiger partial charge in [0.25, 0.3) is 5.91 Å². The van der Waals surface area contributed by atoms with Crippen molar-refractivity contribution in [1.82, 2.24) is 10.3 Å². The summed E-state index contributed by atoms with van der Waals surface area (Å²) in [5.41, 5.74) is 2.46. The predicted octanol–water partition coefficient (Wildman–Crippen LogP) is 3.02. The van der Waals surface area contributed by atoms with Crippen molar-refractivity contribution in [1.29, 1.82) is 0 Å². The number of carbonyl (C=O) groups excluding carboxylic acids is 1. The van der Waals surface area contributed by atoms with E-state index in [1.807, 2.05) is 31.2 Å². The van der Waals surface area contributed by atoms with Gasteiger partial charge in [-0.05, 0) is 43.2 Å². The molecule has 0 radical (unpaired) electrons. The van der Waals surface area contributed by atoms with Crippen LogP contribution in [0, 0.1) is 6.92 Å². The second-order valence-electron chi connectivity index (χ2n) is 4.27. The average Bonchev–Trinajstić information content (AvgIpc) is 2.39. The summed E-state index contributed by atoms with van der Waals surface area (Å²) < 4.78 is 0. The van der Waals surface area contributed by atoms with Crippen LogP contribution in [-0.2, 0) is 6.42 Å². The number of benzene rings is 1. The second kappa shape index (κ2) is 6.34. The zero-order valence-corrected chi connectivity index (χ0v) is 11.4. The third kappa shape index (κ3) is 3.80. The van der Waals surface area contributed by atoms with Gasteiger partial charge in [0.05, 0.1) is 5.56 Å². The standard InChI is InChI=1S/C15H15ClN2O/c1-11-14(6-3-8-17-11)15(19)18-9-7-12-4-2-5-13(16)10-12/h2-6,8,10H,7,9H2,1H3,(H,18,19). The monoisotopic (exact) mass is 274 g/mol. The highest BCUT2D eigenvalue weighted by Gasteiger charge is 2.08. The largest absolute Gasteiger partial charge is 0.352 e. The number of aromatic nitrogens is 1. The Labute approximate surface area is 117 Å². The van der Waals surface area contributed by atoms with E-state index < -0.39 is 0 Å². The number of nitrogens with one attached hydrogen (secondary N) is 1. The van der Waals surface area contributed by atoms with Gasteiger partial charge in [-0.15, -0.1) is 0 Å². The second-order valence-corrected chi connectivity index (χ2v) is 4.71. The molecule has 0 aliphatic carbocycles. The molecule has 0 unspecified atom stereocenters. The molecular formula is C15H15ClN2O. The summed E-state index contributed by atoms with van der Waals surface area (Å²) in [6, 6.07) is 11.2. The van der Waals surface area contributed by atoms with Crippen molar-refractivity contribution in [3.63, 3.8) is 0 Å². The molecule has 19 heavy (non-hydrogen) atoms. The number of carbonyl (C=O) groups is 1. The van der Waals surface area contributed by atoms with E-state index in [0.717, 1.165) is 17.7 Å². The van der Waals surface area contributed by atoms with Crippen LogP contribution in [-0.4, -0.2) is 17.4 Å². The van der Waals surface area contributed by atoms with Gasteiger partial charge in [-0.3, -0.25) is 9.78 Å². The lowest BCUT2D eigenvalue weighted by molar-refractivity contribution is 0.0953. The average molecular weight is 275 g/mol. The van der Waals surface area contributed by atoms with Crippen LogP contribution in [0.15, 0.2) is 42.6 Å². The van der Waals surface area contributed by atoms with Crippen LogP contribution in [0.4, 0.5) is 0 Å². The number of aryl methyl sites for hydroxylation is 1. The summed E-state index contributed by atoms with van der Waals surface area (Å²) in [6.45, 7) is 2.40. The van der Waals surface area contributed by atoms with Gasteiger partial charge in [-0.1, -0.05) is 23.7 Å². The van der Waals surface area contributed by atoms with Gasteiger partial charge in [-0.25, -0.2) is 0 Å². The molecule has 3 nitrogen and oxygen atoms in total. The molecule has 1 aromatic carbocycles. The van der Waals surface area contributed by atoms with Crippen LogP contribution in [0.25, 0.3) is 0 Å². The molecule has 0 saturated carbocycles. The lowest BCUT2D eigenvalue weighted by Crippen LogP contribution is -2.26. The van der Waals surface area contributed by atoms with E-state index >= 15 is 0 Å². The molecule has 0 aliphatic heterocycles. The van der Waals surface area contributed by atoms with Crippen molar-refractivity contribution in [3.8, 4) is 0 Å². The quantitative estimate of drug-likeness (QED) is 0.931. The van der Waals surface area contributed by atoms with Gasteiger partial charge in [-0.2, -0.15) is 0 Å². The highest BCUT2D eigenvalue weighted by atomic mass is 35.5. The first kappa shape index (κ1) is 13.6. The fourth-order valence-corrected chi connectivity index (χ4v) is 2.05. The van der Waals surface area contributed by atoms with Crippen LogP contribution >= 0.6 is 11.6 Å². The summed E-state index contributed by atoms with van der Waals surface area (Å²) in [6.07, 6.45) is 2.43. The Morgan fingerprint density at radius 3 is 2.89 bits per heavy atom. The number of halogens is 1. The highest BCUT2D eigenvalue weighted by molar-refractivity contribution is 6.30. The molecule has 98 valence electrons. The zero-order valence-electron chi connectivity index (χ0n) is 10.7. The van der Waals surface area contributed by atoms with Crippen LogP contribution in [0.3, 0.4) is 0 Å². The minimum atomic E-state index is -0.0902. The fourth-order valence-electron chi connectivity index (χ4n) is 1.83. The molecule has 0 fully saturated rings. The number of hydrogen-bond donors (Lipinski definition) is 1. The molecule has 0 atom stereocenters. The van der Waals surface area contributed by atoms with E-state index in [1.165, 1.54) is 0 Å². The lowest BCUT2D eigenvalue weighted by atomic mass is 10.1. The number of hydrogen-bond acceptors (Lipinski definition) is 2. The maximum Gasteiger partial charge on any atom is 0.253 e. The van der Waals surface area contributed by atoms with Crippen molar-refractivity contribution in [3.05, 3.63) is 64.4 Å². The van der Waals surface area contributed by atoms with Crippen molar-refractivity contribution >= 4 is 17.5 Å². The van der Waals surface area contributed by atoms with E-state index in [1.54, 1.807) is 18.3 Å². The Balaban J connectivity index is 1.90.